The molecule has 4 radical (unpaired) electrons. The number of nitrogen functional groups attached to an aromatic ring is 2. The van der Waals surface area contributed by atoms with Crippen LogP contribution in [0, 0.1) is 0 Å². The normalized spacial score (nSPS) is 9.77. The van der Waals surface area contributed by atoms with Crippen LogP contribution in [0.25, 0.3) is 0 Å². The van der Waals surface area contributed by atoms with Crippen LogP contribution in [0.15, 0.2) is 18.3 Å². The van der Waals surface area contributed by atoms with Crippen molar-refractivity contribution < 1.29 is 14.2 Å². The standard InChI is InChI=1S/C14H18N4O3.Pb/c1-19-10-5-8(6-11(20-2)12(10)21-3)4-9-7-17-14(16)18-13(9)15;/h5-7H,4H2,1-3H3,(H4,15,16,17,18);. The Morgan fingerprint density at radius 3 is 2.05 bits per heavy atom. The maximum atomic E-state index is 5.85. The maximum absolute atomic E-state index is 5.85. The molecule has 2 aromatic rings. The SMILES string of the molecule is COc1cc(Cc2cnc(N)nc2N)cc(OC)c1OC.[Pb]. The summed E-state index contributed by atoms with van der Waals surface area (Å²) < 4.78 is 15.9. The molecular weight excluding hydrogens is 479 g/mol. The van der Waals surface area contributed by atoms with E-state index in [0.29, 0.717) is 29.5 Å². The van der Waals surface area contributed by atoms with E-state index in [1.54, 1.807) is 27.5 Å². The molecule has 0 fully saturated rings. The van der Waals surface area contributed by atoms with E-state index in [9.17, 15) is 0 Å². The molecule has 0 aliphatic heterocycles. The van der Waals surface area contributed by atoms with Crippen LogP contribution in [-0.4, -0.2) is 58.6 Å². The molecule has 0 atom stereocenters. The van der Waals surface area contributed by atoms with Gasteiger partial charge in [0.05, 0.1) is 21.3 Å². The van der Waals surface area contributed by atoms with Crippen molar-refractivity contribution in [2.45, 2.75) is 6.42 Å². The van der Waals surface area contributed by atoms with E-state index in [-0.39, 0.29) is 33.2 Å². The number of aromatic nitrogens is 2. The predicted molar refractivity (Wildman–Crippen MR) is 85.5 cm³/mol. The van der Waals surface area contributed by atoms with Crippen LogP contribution in [-0.2, 0) is 6.42 Å². The molecule has 0 spiro atoms. The first-order valence-electron chi connectivity index (χ1n) is 6.24. The molecule has 0 saturated heterocycles. The monoisotopic (exact) mass is 498 g/mol. The van der Waals surface area contributed by atoms with E-state index < -0.39 is 0 Å². The Kier molecular flexibility index (Phi) is 6.66. The molecule has 0 aliphatic carbocycles. The predicted octanol–water partition coefficient (Wildman–Crippen LogP) is 0.877. The van der Waals surface area contributed by atoms with Gasteiger partial charge in [-0.1, -0.05) is 0 Å². The van der Waals surface area contributed by atoms with Crippen molar-refractivity contribution in [2.24, 2.45) is 0 Å². The molecule has 1 aromatic heterocycles. The first kappa shape index (κ1) is 18.3. The first-order chi connectivity index (χ1) is 10.1. The number of hydrogen-bond acceptors (Lipinski definition) is 7. The second-order valence-corrected chi connectivity index (χ2v) is 4.35. The van der Waals surface area contributed by atoms with Crippen LogP contribution in [0.3, 0.4) is 0 Å². The zero-order valence-electron chi connectivity index (χ0n) is 12.7. The summed E-state index contributed by atoms with van der Waals surface area (Å²) in [5.41, 5.74) is 13.1. The van der Waals surface area contributed by atoms with Crippen molar-refractivity contribution in [3.8, 4) is 17.2 Å². The molecule has 0 aliphatic rings. The second-order valence-electron chi connectivity index (χ2n) is 4.35. The Hall–Kier alpha value is -1.78. The molecule has 0 saturated carbocycles. The zero-order valence-corrected chi connectivity index (χ0v) is 16.6. The molecule has 116 valence electrons. The van der Waals surface area contributed by atoms with Gasteiger partial charge in [0.15, 0.2) is 11.5 Å². The molecular formula is C14H18N4O3Pb. The third-order valence-electron chi connectivity index (χ3n) is 3.04. The summed E-state index contributed by atoms with van der Waals surface area (Å²) in [4.78, 5) is 7.90. The van der Waals surface area contributed by atoms with Crippen LogP contribution in [0.4, 0.5) is 11.8 Å². The number of nitrogens with two attached hydrogens (primary N) is 2. The summed E-state index contributed by atoms with van der Waals surface area (Å²) in [5.74, 6) is 2.23. The van der Waals surface area contributed by atoms with Crippen LogP contribution in [0.2, 0.25) is 0 Å². The summed E-state index contributed by atoms with van der Waals surface area (Å²) in [7, 11) is 4.70. The molecule has 1 heterocycles. The Morgan fingerprint density at radius 2 is 1.59 bits per heavy atom. The fraction of sp³-hybridized carbons (Fsp3) is 0.286. The molecule has 8 heteroatoms. The number of benzene rings is 1. The van der Waals surface area contributed by atoms with Gasteiger partial charge in [-0.05, 0) is 17.7 Å². The van der Waals surface area contributed by atoms with Crippen LogP contribution in [0.5, 0.6) is 17.2 Å². The fourth-order valence-corrected chi connectivity index (χ4v) is 2.03. The first-order valence-corrected chi connectivity index (χ1v) is 6.24. The molecule has 4 N–H and O–H groups in total. The molecule has 1 aromatic carbocycles. The van der Waals surface area contributed by atoms with Gasteiger partial charge in [-0.25, -0.2) is 4.98 Å². The minimum atomic E-state index is 0. The van der Waals surface area contributed by atoms with Gasteiger partial charge in [0.2, 0.25) is 11.7 Å². The van der Waals surface area contributed by atoms with Gasteiger partial charge in [0.1, 0.15) is 5.82 Å². The Labute approximate surface area is 149 Å². The summed E-state index contributed by atoms with van der Waals surface area (Å²) in [5, 5.41) is 0. The van der Waals surface area contributed by atoms with Crippen LogP contribution in [0.1, 0.15) is 11.1 Å². The number of ether oxygens (including phenoxy) is 3. The van der Waals surface area contributed by atoms with Crippen molar-refractivity contribution in [1.82, 2.24) is 9.97 Å². The molecule has 7 nitrogen and oxygen atoms in total. The van der Waals surface area contributed by atoms with E-state index in [4.69, 9.17) is 25.7 Å². The number of hydrogen-bond donors (Lipinski definition) is 2. The molecule has 0 amide bonds. The number of nitrogens with zero attached hydrogens (tertiary/aromatic N) is 2. The summed E-state index contributed by atoms with van der Waals surface area (Å²) in [6.45, 7) is 0. The average molecular weight is 498 g/mol. The smallest absolute Gasteiger partial charge is 0.221 e. The van der Waals surface area contributed by atoms with Crippen molar-refractivity contribution in [1.29, 1.82) is 0 Å². The summed E-state index contributed by atoms with van der Waals surface area (Å²) in [6.07, 6.45) is 2.14. The van der Waals surface area contributed by atoms with Gasteiger partial charge in [-0.15, -0.1) is 0 Å². The summed E-state index contributed by atoms with van der Waals surface area (Å²) >= 11 is 0. The van der Waals surface area contributed by atoms with Gasteiger partial charge < -0.3 is 25.7 Å². The average Bonchev–Trinajstić information content (AvgIpc) is 2.49. The van der Waals surface area contributed by atoms with E-state index in [0.717, 1.165) is 11.1 Å². The van der Waals surface area contributed by atoms with E-state index >= 15 is 0 Å². The molecule has 22 heavy (non-hydrogen) atoms. The number of rotatable bonds is 5. The topological polar surface area (TPSA) is 106 Å². The minimum absolute atomic E-state index is 0. The van der Waals surface area contributed by atoms with Crippen LogP contribution >= 0.6 is 0 Å². The van der Waals surface area contributed by atoms with Crippen molar-refractivity contribution in [2.75, 3.05) is 32.8 Å². The Morgan fingerprint density at radius 1 is 1.00 bits per heavy atom. The van der Waals surface area contributed by atoms with Crippen LogP contribution < -0.4 is 25.7 Å². The van der Waals surface area contributed by atoms with Crippen molar-refractivity contribution in [3.05, 3.63) is 29.5 Å². The van der Waals surface area contributed by atoms with E-state index in [1.165, 1.54) is 0 Å². The number of anilines is 2. The van der Waals surface area contributed by atoms with Gasteiger partial charge in [-0.2, -0.15) is 4.98 Å². The van der Waals surface area contributed by atoms with Gasteiger partial charge in [0, 0.05) is 45.5 Å². The third-order valence-corrected chi connectivity index (χ3v) is 3.04. The maximum Gasteiger partial charge on any atom is 0.221 e. The zero-order chi connectivity index (χ0) is 15.4. The molecule has 0 bridgehead atoms. The van der Waals surface area contributed by atoms with Gasteiger partial charge in [-0.3, -0.25) is 0 Å². The Balaban J connectivity index is 0.00000242. The van der Waals surface area contributed by atoms with Crippen molar-refractivity contribution >= 4 is 39.1 Å². The van der Waals surface area contributed by atoms with Gasteiger partial charge >= 0.3 is 0 Å². The Bertz CT molecular complexity index is 627. The molecule has 0 unspecified atom stereocenters. The summed E-state index contributed by atoms with van der Waals surface area (Å²) in [6, 6.07) is 3.72. The largest absolute Gasteiger partial charge is 0.493 e. The van der Waals surface area contributed by atoms with E-state index in [1.807, 2.05) is 12.1 Å². The minimum Gasteiger partial charge on any atom is -0.493 e. The van der Waals surface area contributed by atoms with Crippen molar-refractivity contribution in [3.63, 3.8) is 0 Å². The number of methoxy groups -OCH3 is 3. The fourth-order valence-electron chi connectivity index (χ4n) is 2.03. The quantitative estimate of drug-likeness (QED) is 0.591. The van der Waals surface area contributed by atoms with Gasteiger partial charge in [0.25, 0.3) is 0 Å². The molecule has 2 rings (SSSR count). The third kappa shape index (κ3) is 3.90. The second kappa shape index (κ2) is 8.01. The van der Waals surface area contributed by atoms with E-state index in [2.05, 4.69) is 9.97 Å².